The highest BCUT2D eigenvalue weighted by molar-refractivity contribution is 5.44. The molecule has 1 N–H and O–H groups in total. The number of aromatic nitrogens is 5. The van der Waals surface area contributed by atoms with Gasteiger partial charge in [0.05, 0.1) is 30.7 Å². The summed E-state index contributed by atoms with van der Waals surface area (Å²) < 4.78 is 8.68. The molecule has 1 aromatic carbocycles. The summed E-state index contributed by atoms with van der Waals surface area (Å²) in [5.41, 5.74) is 4.40. The molecule has 0 amide bonds. The average molecular weight is 312 g/mol. The molecule has 0 aliphatic heterocycles. The topological polar surface area (TPSA) is 69.8 Å². The van der Waals surface area contributed by atoms with E-state index in [0.717, 1.165) is 30.0 Å². The van der Waals surface area contributed by atoms with Crippen LogP contribution in [0.5, 0.6) is 0 Å². The van der Waals surface area contributed by atoms with Crippen molar-refractivity contribution in [2.24, 2.45) is 0 Å². The van der Waals surface area contributed by atoms with Crippen LogP contribution in [-0.2, 0) is 17.8 Å². The molecule has 0 bridgehead atoms. The van der Waals surface area contributed by atoms with Crippen molar-refractivity contribution in [3.8, 4) is 5.69 Å². The average Bonchev–Trinajstić information content (AvgIpc) is 3.23. The van der Waals surface area contributed by atoms with Gasteiger partial charge in [0.15, 0.2) is 0 Å². The van der Waals surface area contributed by atoms with Crippen molar-refractivity contribution in [2.75, 3.05) is 19.0 Å². The lowest BCUT2D eigenvalue weighted by Gasteiger charge is -2.09. The maximum absolute atomic E-state index is 5.05. The summed E-state index contributed by atoms with van der Waals surface area (Å²) in [6.07, 6.45) is 7.05. The van der Waals surface area contributed by atoms with E-state index in [0.29, 0.717) is 6.61 Å². The second-order valence-electron chi connectivity index (χ2n) is 5.30. The highest BCUT2D eigenvalue weighted by atomic mass is 16.5. The molecule has 2 aromatic heterocycles. The third kappa shape index (κ3) is 3.75. The first-order chi connectivity index (χ1) is 11.3. The molecular weight excluding hydrogens is 292 g/mol. The molecule has 0 unspecified atom stereocenters. The van der Waals surface area contributed by atoms with Crippen LogP contribution in [0.3, 0.4) is 0 Å². The predicted molar refractivity (Wildman–Crippen MR) is 87.5 cm³/mol. The Morgan fingerprint density at radius 2 is 2.17 bits per heavy atom. The summed E-state index contributed by atoms with van der Waals surface area (Å²) in [4.78, 5) is 3.98. The van der Waals surface area contributed by atoms with E-state index in [9.17, 15) is 0 Å². The number of benzene rings is 1. The second kappa shape index (κ2) is 7.06. The van der Waals surface area contributed by atoms with Gasteiger partial charge in [-0.2, -0.15) is 10.2 Å². The molecule has 0 fully saturated rings. The minimum Gasteiger partial charge on any atom is -0.383 e. The Balaban J connectivity index is 1.62. The van der Waals surface area contributed by atoms with Crippen LogP contribution in [0.4, 0.5) is 5.69 Å². The van der Waals surface area contributed by atoms with E-state index in [-0.39, 0.29) is 0 Å². The third-order valence-electron chi connectivity index (χ3n) is 3.58. The molecule has 0 saturated heterocycles. The molecule has 0 radical (unpaired) electrons. The Morgan fingerprint density at radius 3 is 2.91 bits per heavy atom. The van der Waals surface area contributed by atoms with E-state index in [1.165, 1.54) is 11.9 Å². The maximum Gasteiger partial charge on any atom is 0.138 e. The van der Waals surface area contributed by atoms with Gasteiger partial charge in [-0.05, 0) is 24.1 Å². The Hall–Kier alpha value is -2.67. The summed E-state index contributed by atoms with van der Waals surface area (Å²) in [7, 11) is 1.69. The summed E-state index contributed by atoms with van der Waals surface area (Å²) in [5.74, 6) is 0. The van der Waals surface area contributed by atoms with Gasteiger partial charge in [-0.15, -0.1) is 0 Å². The number of anilines is 1. The molecule has 0 aliphatic carbocycles. The molecule has 3 aromatic rings. The van der Waals surface area contributed by atoms with E-state index in [2.05, 4.69) is 45.6 Å². The van der Waals surface area contributed by atoms with Crippen molar-refractivity contribution in [2.45, 2.75) is 20.0 Å². The van der Waals surface area contributed by atoms with Gasteiger partial charge >= 0.3 is 0 Å². The Labute approximate surface area is 134 Å². The normalized spacial score (nSPS) is 10.9. The zero-order chi connectivity index (χ0) is 16.1. The lowest BCUT2D eigenvalue weighted by molar-refractivity contribution is 0.183. The van der Waals surface area contributed by atoms with Crippen LogP contribution in [0.15, 0.2) is 43.2 Å². The molecule has 0 aliphatic rings. The monoisotopic (exact) mass is 312 g/mol. The minimum absolute atomic E-state index is 0.657. The number of nitrogens with one attached hydrogen (secondary N) is 1. The Kier molecular flexibility index (Phi) is 4.68. The first-order valence-corrected chi connectivity index (χ1v) is 7.46. The van der Waals surface area contributed by atoms with E-state index in [1.54, 1.807) is 18.1 Å². The zero-order valence-electron chi connectivity index (χ0n) is 13.3. The van der Waals surface area contributed by atoms with Crippen molar-refractivity contribution in [3.63, 3.8) is 0 Å². The molecule has 120 valence electrons. The van der Waals surface area contributed by atoms with Gasteiger partial charge in [-0.3, -0.25) is 4.68 Å². The fraction of sp³-hybridized carbons (Fsp3) is 0.312. The van der Waals surface area contributed by atoms with Crippen LogP contribution in [-0.4, -0.2) is 38.3 Å². The van der Waals surface area contributed by atoms with Gasteiger partial charge in [0.25, 0.3) is 0 Å². The van der Waals surface area contributed by atoms with Crippen LogP contribution in [0.2, 0.25) is 0 Å². The van der Waals surface area contributed by atoms with Gasteiger partial charge < -0.3 is 10.1 Å². The summed E-state index contributed by atoms with van der Waals surface area (Å²) >= 11 is 0. The van der Waals surface area contributed by atoms with Crippen molar-refractivity contribution >= 4 is 5.69 Å². The predicted octanol–water partition coefficient (Wildman–Crippen LogP) is 2.03. The first kappa shape index (κ1) is 15.2. The molecule has 0 atom stereocenters. The number of aryl methyl sites for hydroxylation is 1. The number of ether oxygens (including phenoxy) is 1. The summed E-state index contributed by atoms with van der Waals surface area (Å²) in [6.45, 7) is 4.23. The largest absolute Gasteiger partial charge is 0.383 e. The summed E-state index contributed by atoms with van der Waals surface area (Å²) in [5, 5.41) is 11.8. The number of rotatable bonds is 7. The van der Waals surface area contributed by atoms with Gasteiger partial charge in [0, 0.05) is 19.9 Å². The van der Waals surface area contributed by atoms with Crippen molar-refractivity contribution < 1.29 is 4.74 Å². The van der Waals surface area contributed by atoms with E-state index < -0.39 is 0 Å². The lowest BCUT2D eigenvalue weighted by atomic mass is 10.1. The summed E-state index contributed by atoms with van der Waals surface area (Å²) in [6, 6.07) is 6.30. The number of hydrogen-bond acceptors (Lipinski definition) is 5. The van der Waals surface area contributed by atoms with Gasteiger partial charge in [0.2, 0.25) is 0 Å². The highest BCUT2D eigenvalue weighted by Gasteiger charge is 2.04. The SMILES string of the molecule is COCCn1cc(NCc2ccc(-n3cncn3)c(C)c2)cn1. The van der Waals surface area contributed by atoms with Gasteiger partial charge in [0.1, 0.15) is 12.7 Å². The second-order valence-corrected chi connectivity index (χ2v) is 5.30. The molecule has 7 heteroatoms. The van der Waals surface area contributed by atoms with Gasteiger partial charge in [-0.1, -0.05) is 12.1 Å². The standard InChI is InChI=1S/C16H20N6O/c1-13-7-14(3-4-16(13)22-12-17-11-20-22)8-18-15-9-19-21(10-15)5-6-23-2/h3-4,7,9-12,18H,5-6,8H2,1-2H3. The Bertz CT molecular complexity index is 750. The molecule has 3 rings (SSSR count). The van der Waals surface area contributed by atoms with Gasteiger partial charge in [-0.25, -0.2) is 9.67 Å². The van der Waals surface area contributed by atoms with Crippen molar-refractivity contribution in [1.29, 1.82) is 0 Å². The number of methoxy groups -OCH3 is 1. The van der Waals surface area contributed by atoms with Crippen LogP contribution in [0.25, 0.3) is 5.69 Å². The molecule has 0 saturated carbocycles. The Morgan fingerprint density at radius 1 is 1.26 bits per heavy atom. The van der Waals surface area contributed by atoms with Crippen molar-refractivity contribution in [3.05, 3.63) is 54.4 Å². The van der Waals surface area contributed by atoms with Crippen LogP contribution < -0.4 is 5.32 Å². The minimum atomic E-state index is 0.657. The highest BCUT2D eigenvalue weighted by Crippen LogP contribution is 2.16. The number of nitrogens with zero attached hydrogens (tertiary/aromatic N) is 5. The van der Waals surface area contributed by atoms with Crippen LogP contribution in [0, 0.1) is 6.92 Å². The van der Waals surface area contributed by atoms with Crippen LogP contribution in [0.1, 0.15) is 11.1 Å². The number of hydrogen-bond donors (Lipinski definition) is 1. The molecule has 23 heavy (non-hydrogen) atoms. The fourth-order valence-electron chi connectivity index (χ4n) is 2.38. The fourth-order valence-corrected chi connectivity index (χ4v) is 2.38. The lowest BCUT2D eigenvalue weighted by Crippen LogP contribution is -2.04. The third-order valence-corrected chi connectivity index (χ3v) is 3.58. The molecular formula is C16H20N6O. The van der Waals surface area contributed by atoms with Crippen molar-refractivity contribution in [1.82, 2.24) is 24.5 Å². The van der Waals surface area contributed by atoms with E-state index >= 15 is 0 Å². The quantitative estimate of drug-likeness (QED) is 0.723. The molecule has 0 spiro atoms. The van der Waals surface area contributed by atoms with E-state index in [1.807, 2.05) is 17.1 Å². The first-order valence-electron chi connectivity index (χ1n) is 7.46. The molecule has 7 nitrogen and oxygen atoms in total. The molecule has 2 heterocycles. The zero-order valence-corrected chi connectivity index (χ0v) is 13.3. The smallest absolute Gasteiger partial charge is 0.138 e. The van der Waals surface area contributed by atoms with E-state index in [4.69, 9.17) is 4.74 Å². The van der Waals surface area contributed by atoms with Crippen LogP contribution >= 0.6 is 0 Å². The maximum atomic E-state index is 5.05.